The van der Waals surface area contributed by atoms with Gasteiger partial charge in [0.2, 0.25) is 0 Å². The van der Waals surface area contributed by atoms with Crippen molar-refractivity contribution in [3.05, 3.63) is 47.8 Å². The Morgan fingerprint density at radius 3 is 2.50 bits per heavy atom. The summed E-state index contributed by atoms with van der Waals surface area (Å²) in [4.78, 5) is 11.7. The van der Waals surface area contributed by atoms with E-state index in [1.807, 2.05) is 0 Å². The molecule has 0 heterocycles. The first-order chi connectivity index (χ1) is 9.38. The molecule has 0 fully saturated rings. The summed E-state index contributed by atoms with van der Waals surface area (Å²) in [6, 6.07) is 2.78. The molecular formula is C15H16F4O. The Morgan fingerprint density at radius 1 is 1.20 bits per heavy atom. The number of alkyl halides is 3. The average Bonchev–Trinajstić information content (AvgIpc) is 2.37. The number of halogens is 4. The van der Waals surface area contributed by atoms with Crippen LogP contribution in [0.25, 0.3) is 0 Å². The molecule has 0 saturated carbocycles. The first-order valence-corrected chi connectivity index (χ1v) is 6.37. The predicted molar refractivity (Wildman–Crippen MR) is 69.0 cm³/mol. The zero-order chi connectivity index (χ0) is 15.2. The van der Waals surface area contributed by atoms with E-state index in [1.54, 1.807) is 6.08 Å². The maximum absolute atomic E-state index is 13.7. The topological polar surface area (TPSA) is 17.1 Å². The quantitative estimate of drug-likeness (QED) is 0.293. The van der Waals surface area contributed by atoms with Crippen LogP contribution in [0, 0.1) is 5.82 Å². The van der Waals surface area contributed by atoms with Crippen molar-refractivity contribution >= 4 is 5.78 Å². The Labute approximate surface area is 115 Å². The van der Waals surface area contributed by atoms with Gasteiger partial charge in [-0.3, -0.25) is 4.79 Å². The standard InChI is InChI=1S/C15H16F4O/c1-2-3-4-5-6-10-13(20)11-8-7-9-12(14(11)16)15(17,18)19/h2,7-9H,1,3-6,10H2. The van der Waals surface area contributed by atoms with Gasteiger partial charge in [-0.05, 0) is 31.4 Å². The second kappa shape index (κ2) is 7.22. The predicted octanol–water partition coefficient (Wildman–Crippen LogP) is 5.16. The van der Waals surface area contributed by atoms with Crippen molar-refractivity contribution in [3.8, 4) is 0 Å². The number of allylic oxidation sites excluding steroid dienone is 1. The summed E-state index contributed by atoms with van der Waals surface area (Å²) in [5.41, 5.74) is -1.88. The summed E-state index contributed by atoms with van der Waals surface area (Å²) in [5.74, 6) is -2.07. The van der Waals surface area contributed by atoms with E-state index in [9.17, 15) is 22.4 Å². The molecule has 0 unspecified atom stereocenters. The summed E-state index contributed by atoms with van der Waals surface area (Å²) in [7, 11) is 0. The molecule has 0 atom stereocenters. The lowest BCUT2D eigenvalue weighted by Gasteiger charge is -2.10. The van der Waals surface area contributed by atoms with Gasteiger partial charge >= 0.3 is 6.18 Å². The molecule has 110 valence electrons. The second-order valence-corrected chi connectivity index (χ2v) is 4.48. The normalized spacial score (nSPS) is 11.4. The maximum Gasteiger partial charge on any atom is 0.419 e. The van der Waals surface area contributed by atoms with E-state index >= 15 is 0 Å². The Morgan fingerprint density at radius 2 is 1.90 bits per heavy atom. The minimum Gasteiger partial charge on any atom is -0.294 e. The minimum absolute atomic E-state index is 0.0510. The molecule has 0 spiro atoms. The second-order valence-electron chi connectivity index (χ2n) is 4.48. The zero-order valence-electron chi connectivity index (χ0n) is 11.0. The first kappa shape index (κ1) is 16.4. The van der Waals surface area contributed by atoms with Gasteiger partial charge in [0, 0.05) is 6.42 Å². The highest BCUT2D eigenvalue weighted by atomic mass is 19.4. The van der Waals surface area contributed by atoms with E-state index < -0.39 is 28.9 Å². The lowest BCUT2D eigenvalue weighted by Crippen LogP contribution is -2.12. The smallest absolute Gasteiger partial charge is 0.294 e. The Bertz CT molecular complexity index is 477. The Hall–Kier alpha value is -1.65. The fourth-order valence-electron chi connectivity index (χ4n) is 1.85. The number of benzene rings is 1. The van der Waals surface area contributed by atoms with Crippen LogP contribution in [0.2, 0.25) is 0 Å². The number of ketones is 1. The molecule has 0 aliphatic heterocycles. The van der Waals surface area contributed by atoms with E-state index in [0.29, 0.717) is 12.5 Å². The van der Waals surface area contributed by atoms with E-state index in [0.717, 1.165) is 31.4 Å². The van der Waals surface area contributed by atoms with Crippen LogP contribution in [0.3, 0.4) is 0 Å². The summed E-state index contributed by atoms with van der Waals surface area (Å²) in [6.07, 6.45) is 0.00264. The lowest BCUT2D eigenvalue weighted by atomic mass is 10.0. The third-order valence-corrected chi connectivity index (χ3v) is 2.92. The number of carbonyl (C=O) groups is 1. The van der Waals surface area contributed by atoms with E-state index in [-0.39, 0.29) is 6.42 Å². The minimum atomic E-state index is -4.79. The third kappa shape index (κ3) is 4.47. The van der Waals surface area contributed by atoms with Gasteiger partial charge in [-0.1, -0.05) is 18.6 Å². The molecule has 0 N–H and O–H groups in total. The molecule has 5 heteroatoms. The van der Waals surface area contributed by atoms with Crippen LogP contribution >= 0.6 is 0 Å². The lowest BCUT2D eigenvalue weighted by molar-refractivity contribution is -0.140. The Balaban J connectivity index is 2.72. The van der Waals surface area contributed by atoms with Crippen LogP contribution in [0.5, 0.6) is 0 Å². The number of Topliss-reactive ketones (excluding diaryl/α,β-unsaturated/α-hetero) is 1. The molecule has 0 aliphatic rings. The number of rotatable bonds is 7. The summed E-state index contributed by atoms with van der Waals surface area (Å²) >= 11 is 0. The van der Waals surface area contributed by atoms with Crippen molar-refractivity contribution in [2.75, 3.05) is 0 Å². The molecule has 0 radical (unpaired) electrons. The fourth-order valence-corrected chi connectivity index (χ4v) is 1.85. The highest BCUT2D eigenvalue weighted by Gasteiger charge is 2.35. The molecule has 0 aromatic heterocycles. The van der Waals surface area contributed by atoms with Crippen LogP contribution in [-0.2, 0) is 6.18 Å². The largest absolute Gasteiger partial charge is 0.419 e. The first-order valence-electron chi connectivity index (χ1n) is 6.37. The van der Waals surface area contributed by atoms with Crippen LogP contribution < -0.4 is 0 Å². The van der Waals surface area contributed by atoms with Crippen LogP contribution in [-0.4, -0.2) is 5.78 Å². The van der Waals surface area contributed by atoms with E-state index in [1.165, 1.54) is 0 Å². The van der Waals surface area contributed by atoms with Gasteiger partial charge < -0.3 is 0 Å². The van der Waals surface area contributed by atoms with Gasteiger partial charge in [0.1, 0.15) is 5.82 Å². The summed E-state index contributed by atoms with van der Waals surface area (Å²) in [5, 5.41) is 0. The SMILES string of the molecule is C=CCCCCCC(=O)c1cccc(C(F)(F)F)c1F. The molecule has 0 saturated heterocycles. The molecule has 1 aromatic rings. The van der Waals surface area contributed by atoms with Gasteiger partial charge in [0.05, 0.1) is 11.1 Å². The van der Waals surface area contributed by atoms with Crippen molar-refractivity contribution in [2.45, 2.75) is 38.3 Å². The van der Waals surface area contributed by atoms with E-state index in [4.69, 9.17) is 0 Å². The van der Waals surface area contributed by atoms with Gasteiger partial charge in [-0.25, -0.2) is 4.39 Å². The fraction of sp³-hybridized carbons (Fsp3) is 0.400. The Kier molecular flexibility index (Phi) is 5.92. The third-order valence-electron chi connectivity index (χ3n) is 2.92. The average molecular weight is 288 g/mol. The van der Waals surface area contributed by atoms with Crippen LogP contribution in [0.1, 0.15) is 48.0 Å². The van der Waals surface area contributed by atoms with Gasteiger partial charge in [0.25, 0.3) is 0 Å². The monoisotopic (exact) mass is 288 g/mol. The maximum atomic E-state index is 13.7. The van der Waals surface area contributed by atoms with Gasteiger partial charge in [-0.2, -0.15) is 13.2 Å². The molecule has 0 amide bonds. The number of hydrogen-bond donors (Lipinski definition) is 0. The molecular weight excluding hydrogens is 272 g/mol. The van der Waals surface area contributed by atoms with Gasteiger partial charge in [-0.15, -0.1) is 6.58 Å². The zero-order valence-corrected chi connectivity index (χ0v) is 11.0. The van der Waals surface area contributed by atoms with Crippen molar-refractivity contribution < 1.29 is 22.4 Å². The van der Waals surface area contributed by atoms with Crippen molar-refractivity contribution in [2.24, 2.45) is 0 Å². The molecule has 1 rings (SSSR count). The molecule has 1 nitrogen and oxygen atoms in total. The highest BCUT2D eigenvalue weighted by molar-refractivity contribution is 5.96. The number of unbranched alkanes of at least 4 members (excludes halogenated alkanes) is 3. The number of hydrogen-bond acceptors (Lipinski definition) is 1. The van der Waals surface area contributed by atoms with Crippen molar-refractivity contribution in [3.63, 3.8) is 0 Å². The molecule has 0 bridgehead atoms. The van der Waals surface area contributed by atoms with E-state index in [2.05, 4.69) is 6.58 Å². The molecule has 1 aromatic carbocycles. The number of carbonyl (C=O) groups excluding carboxylic acids is 1. The van der Waals surface area contributed by atoms with Crippen molar-refractivity contribution in [1.29, 1.82) is 0 Å². The summed E-state index contributed by atoms with van der Waals surface area (Å²) < 4.78 is 51.3. The summed E-state index contributed by atoms with van der Waals surface area (Å²) in [6.45, 7) is 3.56. The van der Waals surface area contributed by atoms with Crippen LogP contribution in [0.15, 0.2) is 30.9 Å². The molecule has 0 aliphatic carbocycles. The van der Waals surface area contributed by atoms with Crippen molar-refractivity contribution in [1.82, 2.24) is 0 Å². The highest BCUT2D eigenvalue weighted by Crippen LogP contribution is 2.32. The van der Waals surface area contributed by atoms with Crippen LogP contribution in [0.4, 0.5) is 17.6 Å². The van der Waals surface area contributed by atoms with Gasteiger partial charge in [0.15, 0.2) is 5.78 Å². The molecule has 20 heavy (non-hydrogen) atoms.